The zero-order chi connectivity index (χ0) is 22.9. The largest absolute Gasteiger partial charge is 0.417 e. The fourth-order valence-corrected chi connectivity index (χ4v) is 4.69. The zero-order valence-electron chi connectivity index (χ0n) is 17.1. The molecule has 1 atom stereocenters. The number of benzene rings is 2. The molecule has 0 saturated heterocycles. The molecule has 1 N–H and O–H groups in total. The molecular formula is C22H20ClF3N4OS. The maximum absolute atomic E-state index is 13.2. The predicted molar refractivity (Wildman–Crippen MR) is 118 cm³/mol. The standard InChI is InChI=1S/C22H20ClF3N4OS/c1-2-30-19(14-8-9-14)28-29-21(30)32-18(13-6-4-3-5-7-13)20(31)27-15-10-11-17(23)16(12-15)22(24,25)26/h3-7,10-12,14,18H,2,8-9H2,1H3,(H,27,31). The third-order valence-corrected chi connectivity index (χ3v) is 6.67. The van der Waals surface area contributed by atoms with Gasteiger partial charge in [0.2, 0.25) is 5.91 Å². The number of hydrogen-bond acceptors (Lipinski definition) is 4. The van der Waals surface area contributed by atoms with Crippen LogP contribution in [0.5, 0.6) is 0 Å². The SMILES string of the molecule is CCn1c(SC(C(=O)Nc2ccc(Cl)c(C(F)(F)F)c2)c2ccccc2)nnc1C1CC1. The number of alkyl halides is 3. The monoisotopic (exact) mass is 480 g/mol. The van der Waals surface area contributed by atoms with Crippen LogP contribution in [0, 0.1) is 0 Å². The molecule has 5 nitrogen and oxygen atoms in total. The highest BCUT2D eigenvalue weighted by Crippen LogP contribution is 2.42. The summed E-state index contributed by atoms with van der Waals surface area (Å²) in [7, 11) is 0. The van der Waals surface area contributed by atoms with Crippen LogP contribution >= 0.6 is 23.4 Å². The molecule has 0 spiro atoms. The maximum Gasteiger partial charge on any atom is 0.417 e. The molecule has 1 heterocycles. The number of nitrogens with one attached hydrogen (secondary N) is 1. The fourth-order valence-electron chi connectivity index (χ4n) is 3.36. The number of carbonyl (C=O) groups is 1. The van der Waals surface area contributed by atoms with Gasteiger partial charge in [-0.2, -0.15) is 13.2 Å². The van der Waals surface area contributed by atoms with E-state index in [2.05, 4.69) is 15.5 Å². The second kappa shape index (κ2) is 9.15. The molecule has 0 aliphatic heterocycles. The fraction of sp³-hybridized carbons (Fsp3) is 0.318. The van der Waals surface area contributed by atoms with E-state index in [4.69, 9.17) is 11.6 Å². The third kappa shape index (κ3) is 4.94. The number of anilines is 1. The Kier molecular flexibility index (Phi) is 6.48. The van der Waals surface area contributed by atoms with Gasteiger partial charge in [0.05, 0.1) is 10.6 Å². The molecule has 4 rings (SSSR count). The van der Waals surface area contributed by atoms with Gasteiger partial charge in [0, 0.05) is 18.2 Å². The van der Waals surface area contributed by atoms with E-state index >= 15 is 0 Å². The van der Waals surface area contributed by atoms with Crippen LogP contribution in [0.3, 0.4) is 0 Å². The van der Waals surface area contributed by atoms with Crippen LogP contribution in [0.4, 0.5) is 18.9 Å². The van der Waals surface area contributed by atoms with Crippen molar-refractivity contribution < 1.29 is 18.0 Å². The molecule has 2 aromatic carbocycles. The molecule has 1 fully saturated rings. The molecule has 10 heteroatoms. The Balaban J connectivity index is 1.63. The molecule has 32 heavy (non-hydrogen) atoms. The average molecular weight is 481 g/mol. The van der Waals surface area contributed by atoms with Crippen molar-refractivity contribution in [2.45, 2.75) is 48.8 Å². The first kappa shape index (κ1) is 22.7. The number of nitrogens with zero attached hydrogens (tertiary/aromatic N) is 3. The van der Waals surface area contributed by atoms with Crippen LogP contribution in [0.25, 0.3) is 0 Å². The minimum absolute atomic E-state index is 0.0175. The number of aromatic nitrogens is 3. The summed E-state index contributed by atoms with van der Waals surface area (Å²) >= 11 is 6.92. The Morgan fingerprint density at radius 2 is 1.94 bits per heavy atom. The van der Waals surface area contributed by atoms with Gasteiger partial charge in [0.15, 0.2) is 5.16 Å². The summed E-state index contributed by atoms with van der Waals surface area (Å²) in [6, 6.07) is 12.4. The highest BCUT2D eigenvalue weighted by Gasteiger charge is 2.34. The lowest BCUT2D eigenvalue weighted by Gasteiger charge is -2.18. The molecule has 1 aliphatic rings. The van der Waals surface area contributed by atoms with E-state index in [1.807, 2.05) is 17.6 Å². The summed E-state index contributed by atoms with van der Waals surface area (Å²) in [5.74, 6) is 0.848. The lowest BCUT2D eigenvalue weighted by atomic mass is 10.1. The number of carbonyl (C=O) groups excluding carboxylic acids is 1. The smallest absolute Gasteiger partial charge is 0.325 e. The lowest BCUT2D eigenvalue weighted by molar-refractivity contribution is -0.137. The van der Waals surface area contributed by atoms with Crippen molar-refractivity contribution in [2.75, 3.05) is 5.32 Å². The maximum atomic E-state index is 13.2. The molecule has 0 bridgehead atoms. The van der Waals surface area contributed by atoms with Gasteiger partial charge in [-0.05, 0) is 43.5 Å². The zero-order valence-corrected chi connectivity index (χ0v) is 18.6. The molecule has 1 aromatic heterocycles. The van der Waals surface area contributed by atoms with Gasteiger partial charge in [-0.25, -0.2) is 0 Å². The van der Waals surface area contributed by atoms with E-state index in [-0.39, 0.29) is 5.69 Å². The van der Waals surface area contributed by atoms with E-state index in [0.29, 0.717) is 23.2 Å². The molecule has 1 amide bonds. The highest BCUT2D eigenvalue weighted by atomic mass is 35.5. The Labute approximate surface area is 192 Å². The Morgan fingerprint density at radius 1 is 1.22 bits per heavy atom. The topological polar surface area (TPSA) is 59.8 Å². The minimum Gasteiger partial charge on any atom is -0.325 e. The van der Waals surface area contributed by atoms with Crippen molar-refractivity contribution in [3.63, 3.8) is 0 Å². The van der Waals surface area contributed by atoms with E-state index in [1.54, 1.807) is 24.3 Å². The second-order valence-electron chi connectivity index (χ2n) is 7.45. The van der Waals surface area contributed by atoms with Gasteiger partial charge in [-0.3, -0.25) is 4.79 Å². The Hall–Kier alpha value is -2.52. The summed E-state index contributed by atoms with van der Waals surface area (Å²) in [5, 5.41) is 10.6. The number of rotatable bonds is 7. The van der Waals surface area contributed by atoms with Gasteiger partial charge in [-0.1, -0.05) is 53.7 Å². The van der Waals surface area contributed by atoms with Gasteiger partial charge in [0.1, 0.15) is 11.1 Å². The van der Waals surface area contributed by atoms with Crippen LogP contribution in [0.15, 0.2) is 53.7 Å². The number of halogens is 4. The molecule has 1 saturated carbocycles. The molecular weight excluding hydrogens is 461 g/mol. The van der Waals surface area contributed by atoms with Gasteiger partial charge >= 0.3 is 6.18 Å². The van der Waals surface area contributed by atoms with E-state index in [1.165, 1.54) is 17.8 Å². The first-order valence-corrected chi connectivity index (χ1v) is 11.4. The van der Waals surface area contributed by atoms with Crippen molar-refractivity contribution in [3.8, 4) is 0 Å². The highest BCUT2D eigenvalue weighted by molar-refractivity contribution is 8.00. The van der Waals surface area contributed by atoms with Crippen molar-refractivity contribution >= 4 is 35.0 Å². The van der Waals surface area contributed by atoms with Crippen LogP contribution in [0.2, 0.25) is 5.02 Å². The van der Waals surface area contributed by atoms with Crippen LogP contribution in [-0.4, -0.2) is 20.7 Å². The normalized spacial score (nSPS) is 14.9. The minimum atomic E-state index is -4.62. The average Bonchev–Trinajstić information content (AvgIpc) is 3.53. The van der Waals surface area contributed by atoms with Crippen LogP contribution in [0.1, 0.15) is 47.9 Å². The van der Waals surface area contributed by atoms with Crippen molar-refractivity contribution in [1.82, 2.24) is 14.8 Å². The first-order chi connectivity index (χ1) is 15.3. The Morgan fingerprint density at radius 3 is 2.56 bits per heavy atom. The summed E-state index contributed by atoms with van der Waals surface area (Å²) in [6.45, 7) is 2.65. The summed E-state index contributed by atoms with van der Waals surface area (Å²) in [4.78, 5) is 13.2. The van der Waals surface area contributed by atoms with E-state index in [0.717, 1.165) is 30.8 Å². The van der Waals surface area contributed by atoms with Crippen LogP contribution < -0.4 is 5.32 Å². The lowest BCUT2D eigenvalue weighted by Crippen LogP contribution is -2.20. The van der Waals surface area contributed by atoms with Crippen LogP contribution in [-0.2, 0) is 17.5 Å². The number of amides is 1. The van der Waals surface area contributed by atoms with Gasteiger partial charge in [0.25, 0.3) is 0 Å². The molecule has 168 valence electrons. The second-order valence-corrected chi connectivity index (χ2v) is 8.93. The molecule has 1 unspecified atom stereocenters. The predicted octanol–water partition coefficient (Wildman–Crippen LogP) is 6.32. The summed E-state index contributed by atoms with van der Waals surface area (Å²) < 4.78 is 41.6. The molecule has 1 aliphatic carbocycles. The van der Waals surface area contributed by atoms with E-state index < -0.39 is 27.9 Å². The van der Waals surface area contributed by atoms with Crippen molar-refractivity contribution in [3.05, 3.63) is 70.5 Å². The number of hydrogen-bond donors (Lipinski definition) is 1. The third-order valence-electron chi connectivity index (χ3n) is 5.11. The Bertz CT molecular complexity index is 1120. The first-order valence-electron chi connectivity index (χ1n) is 10.1. The quantitative estimate of drug-likeness (QED) is 0.402. The van der Waals surface area contributed by atoms with E-state index in [9.17, 15) is 18.0 Å². The van der Waals surface area contributed by atoms with Crippen molar-refractivity contribution in [2.24, 2.45) is 0 Å². The van der Waals surface area contributed by atoms with Gasteiger partial charge in [-0.15, -0.1) is 10.2 Å². The molecule has 0 radical (unpaired) electrons. The molecule has 3 aromatic rings. The summed E-state index contributed by atoms with van der Waals surface area (Å²) in [5.41, 5.74) is -0.275. The van der Waals surface area contributed by atoms with Gasteiger partial charge < -0.3 is 9.88 Å². The number of thioether (sulfide) groups is 1. The van der Waals surface area contributed by atoms with Crippen molar-refractivity contribution in [1.29, 1.82) is 0 Å². The summed E-state index contributed by atoms with van der Waals surface area (Å²) in [6.07, 6.45) is -2.48.